The zero-order valence-corrected chi connectivity index (χ0v) is 11.0. The average Bonchev–Trinajstić information content (AvgIpc) is 2.33. The highest BCUT2D eigenvalue weighted by Gasteiger charge is 2.02. The van der Waals surface area contributed by atoms with Crippen molar-refractivity contribution in [3.8, 4) is 11.5 Å². The number of ether oxygens (including phenoxy) is 2. The van der Waals surface area contributed by atoms with E-state index in [1.807, 2.05) is 0 Å². The minimum absolute atomic E-state index is 0.00163. The molecule has 0 aliphatic carbocycles. The molecule has 0 aliphatic heterocycles. The lowest BCUT2D eigenvalue weighted by Crippen LogP contribution is -2.06. The minimum Gasteiger partial charge on any atom is -0.497 e. The summed E-state index contributed by atoms with van der Waals surface area (Å²) >= 11 is 0. The molecule has 1 aromatic rings. The monoisotopic (exact) mass is 273 g/mol. The maximum Gasteiger partial charge on any atom is 0.266 e. The average molecular weight is 273 g/mol. The maximum atomic E-state index is 10.5. The predicted octanol–water partition coefficient (Wildman–Crippen LogP) is 1.01. The van der Waals surface area contributed by atoms with Gasteiger partial charge < -0.3 is 9.47 Å². The van der Waals surface area contributed by atoms with Crippen molar-refractivity contribution in [3.05, 3.63) is 23.8 Å². The Morgan fingerprint density at radius 2 is 1.78 bits per heavy atom. The largest absolute Gasteiger partial charge is 0.497 e. The summed E-state index contributed by atoms with van der Waals surface area (Å²) in [4.78, 5) is 3.90. The Morgan fingerprint density at radius 1 is 1.22 bits per heavy atom. The van der Waals surface area contributed by atoms with Crippen molar-refractivity contribution in [3.63, 3.8) is 0 Å². The lowest BCUT2D eigenvalue weighted by atomic mass is 10.2. The van der Waals surface area contributed by atoms with Gasteiger partial charge in [0, 0.05) is 12.3 Å². The number of hydrogen-bond donors (Lipinski definition) is 1. The van der Waals surface area contributed by atoms with Crippen molar-refractivity contribution in [1.82, 2.24) is 0 Å². The molecule has 0 saturated carbocycles. The molecule has 0 unspecified atom stereocenters. The fourth-order valence-electron chi connectivity index (χ4n) is 1.24. The highest BCUT2D eigenvalue weighted by atomic mass is 32.2. The first-order valence-electron chi connectivity index (χ1n) is 5.12. The van der Waals surface area contributed by atoms with Crippen molar-refractivity contribution in [2.24, 2.45) is 4.99 Å². The van der Waals surface area contributed by atoms with Gasteiger partial charge in [-0.2, -0.15) is 8.42 Å². The van der Waals surface area contributed by atoms with Crippen molar-refractivity contribution < 1.29 is 22.4 Å². The molecule has 1 aromatic carbocycles. The SMILES string of the molecule is COc1cc(/C=N\CCS(=O)(=O)O)cc(OC)c1. The number of aliphatic imine (C=N–C) groups is 1. The summed E-state index contributed by atoms with van der Waals surface area (Å²) in [6.45, 7) is -0.00163. The van der Waals surface area contributed by atoms with Gasteiger partial charge in [-0.3, -0.25) is 9.55 Å². The van der Waals surface area contributed by atoms with E-state index >= 15 is 0 Å². The molecule has 0 atom stereocenters. The van der Waals surface area contributed by atoms with Crippen LogP contribution in [-0.2, 0) is 10.1 Å². The van der Waals surface area contributed by atoms with E-state index in [0.29, 0.717) is 11.5 Å². The van der Waals surface area contributed by atoms with Crippen molar-refractivity contribution >= 4 is 16.3 Å². The standard InChI is InChI=1S/C11H15NO5S/c1-16-10-5-9(6-11(7-10)17-2)8-12-3-4-18(13,14)15/h5-8H,3-4H2,1-2H3,(H,13,14,15)/b12-8-. The van der Waals surface area contributed by atoms with Crippen LogP contribution in [0.25, 0.3) is 0 Å². The predicted molar refractivity (Wildman–Crippen MR) is 68.4 cm³/mol. The summed E-state index contributed by atoms with van der Waals surface area (Å²) in [5, 5.41) is 0. The molecule has 0 heterocycles. The molecule has 100 valence electrons. The summed E-state index contributed by atoms with van der Waals surface area (Å²) in [6.07, 6.45) is 1.50. The third-order valence-electron chi connectivity index (χ3n) is 2.09. The molecule has 0 aromatic heterocycles. The van der Waals surface area contributed by atoms with E-state index in [0.717, 1.165) is 5.56 Å². The van der Waals surface area contributed by atoms with E-state index in [2.05, 4.69) is 4.99 Å². The zero-order chi connectivity index (χ0) is 13.6. The van der Waals surface area contributed by atoms with Crippen molar-refractivity contribution in [1.29, 1.82) is 0 Å². The number of methoxy groups -OCH3 is 2. The fraction of sp³-hybridized carbons (Fsp3) is 0.364. The van der Waals surface area contributed by atoms with Gasteiger partial charge in [0.1, 0.15) is 11.5 Å². The summed E-state index contributed by atoms with van der Waals surface area (Å²) in [7, 11) is -0.896. The summed E-state index contributed by atoms with van der Waals surface area (Å²) in [5.74, 6) is 0.834. The van der Waals surface area contributed by atoms with Crippen LogP contribution < -0.4 is 9.47 Å². The van der Waals surface area contributed by atoms with Gasteiger partial charge in [-0.25, -0.2) is 0 Å². The van der Waals surface area contributed by atoms with Crippen LogP contribution in [0.4, 0.5) is 0 Å². The Kier molecular flexibility index (Phi) is 5.11. The first-order valence-corrected chi connectivity index (χ1v) is 6.73. The molecule has 0 bridgehead atoms. The van der Waals surface area contributed by atoms with E-state index in [1.165, 1.54) is 20.4 Å². The molecular formula is C11H15NO5S. The molecule has 1 N–H and O–H groups in total. The Bertz CT molecular complexity index is 502. The normalized spacial score (nSPS) is 11.7. The van der Waals surface area contributed by atoms with E-state index in [4.69, 9.17) is 14.0 Å². The molecule has 0 aliphatic rings. The lowest BCUT2D eigenvalue weighted by Gasteiger charge is -2.05. The quantitative estimate of drug-likeness (QED) is 0.617. The Balaban J connectivity index is 2.74. The minimum atomic E-state index is -3.97. The summed E-state index contributed by atoms with van der Waals surface area (Å²) in [5.41, 5.74) is 0.724. The molecule has 1 rings (SSSR count). The van der Waals surface area contributed by atoms with Crippen LogP contribution in [0, 0.1) is 0 Å². The topological polar surface area (TPSA) is 85.2 Å². The Hall–Kier alpha value is -1.60. The van der Waals surface area contributed by atoms with Crippen LogP contribution in [0.5, 0.6) is 11.5 Å². The smallest absolute Gasteiger partial charge is 0.266 e. The first kappa shape index (κ1) is 14.5. The van der Waals surface area contributed by atoms with Gasteiger partial charge in [0.2, 0.25) is 0 Å². The first-order chi connectivity index (χ1) is 8.44. The molecule has 0 fully saturated rings. The number of nitrogens with zero attached hydrogens (tertiary/aromatic N) is 1. The van der Waals surface area contributed by atoms with Crippen LogP contribution in [0.15, 0.2) is 23.2 Å². The second-order valence-corrected chi connectivity index (χ2v) is 5.04. The molecule has 0 radical (unpaired) electrons. The maximum absolute atomic E-state index is 10.5. The molecule has 0 spiro atoms. The third kappa shape index (κ3) is 5.15. The zero-order valence-electron chi connectivity index (χ0n) is 10.2. The highest BCUT2D eigenvalue weighted by Crippen LogP contribution is 2.21. The fourth-order valence-corrected chi connectivity index (χ4v) is 1.58. The van der Waals surface area contributed by atoms with Gasteiger partial charge in [-0.1, -0.05) is 0 Å². The Morgan fingerprint density at radius 3 is 2.22 bits per heavy atom. The summed E-state index contributed by atoms with van der Waals surface area (Å²) < 4.78 is 39.7. The van der Waals surface area contributed by atoms with Crippen molar-refractivity contribution in [2.75, 3.05) is 26.5 Å². The molecular weight excluding hydrogens is 258 g/mol. The van der Waals surface area contributed by atoms with Gasteiger partial charge in [-0.15, -0.1) is 0 Å². The van der Waals surface area contributed by atoms with Crippen LogP contribution in [0.3, 0.4) is 0 Å². The number of rotatable bonds is 6. The van der Waals surface area contributed by atoms with Crippen LogP contribution in [0.2, 0.25) is 0 Å². The van der Waals surface area contributed by atoms with Gasteiger partial charge in [0.25, 0.3) is 10.1 Å². The lowest BCUT2D eigenvalue weighted by molar-refractivity contribution is 0.394. The van der Waals surface area contributed by atoms with Gasteiger partial charge in [-0.05, 0) is 17.7 Å². The van der Waals surface area contributed by atoms with Crippen molar-refractivity contribution in [2.45, 2.75) is 0 Å². The van der Waals surface area contributed by atoms with Gasteiger partial charge in [0.05, 0.1) is 26.5 Å². The van der Waals surface area contributed by atoms with E-state index < -0.39 is 15.9 Å². The van der Waals surface area contributed by atoms with Crippen LogP contribution >= 0.6 is 0 Å². The summed E-state index contributed by atoms with van der Waals surface area (Å²) in [6, 6.07) is 5.19. The van der Waals surface area contributed by atoms with E-state index in [-0.39, 0.29) is 6.54 Å². The van der Waals surface area contributed by atoms with Crippen LogP contribution in [-0.4, -0.2) is 45.7 Å². The number of benzene rings is 1. The highest BCUT2D eigenvalue weighted by molar-refractivity contribution is 7.85. The molecule has 0 amide bonds. The number of hydrogen-bond acceptors (Lipinski definition) is 5. The molecule has 6 nitrogen and oxygen atoms in total. The Labute approximate surface area is 106 Å². The van der Waals surface area contributed by atoms with E-state index in [9.17, 15) is 8.42 Å². The molecule has 18 heavy (non-hydrogen) atoms. The molecule has 0 saturated heterocycles. The van der Waals surface area contributed by atoms with E-state index in [1.54, 1.807) is 18.2 Å². The van der Waals surface area contributed by atoms with Gasteiger partial charge >= 0.3 is 0 Å². The second-order valence-electron chi connectivity index (χ2n) is 3.47. The molecule has 7 heteroatoms. The second kappa shape index (κ2) is 6.36. The van der Waals surface area contributed by atoms with Gasteiger partial charge in [0.15, 0.2) is 0 Å². The third-order valence-corrected chi connectivity index (χ3v) is 2.79. The van der Waals surface area contributed by atoms with Crippen LogP contribution in [0.1, 0.15) is 5.56 Å².